The molecule has 0 atom stereocenters. The van der Waals surface area contributed by atoms with Gasteiger partial charge >= 0.3 is 5.97 Å². The van der Waals surface area contributed by atoms with Gasteiger partial charge in [-0.3, -0.25) is 4.98 Å². The highest BCUT2D eigenvalue weighted by molar-refractivity contribution is 9.10. The van der Waals surface area contributed by atoms with Gasteiger partial charge in [0.2, 0.25) is 0 Å². The van der Waals surface area contributed by atoms with Crippen LogP contribution < -0.4 is 0 Å². The Kier molecular flexibility index (Phi) is 3.60. The predicted octanol–water partition coefficient (Wildman–Crippen LogP) is 1.89. The minimum Gasteiger partial charge on any atom is -0.462 e. The summed E-state index contributed by atoms with van der Waals surface area (Å²) in [4.78, 5) is 15.2. The van der Waals surface area contributed by atoms with Crippen LogP contribution in [0.5, 0.6) is 0 Å². The van der Waals surface area contributed by atoms with Gasteiger partial charge in [-0.1, -0.05) is 0 Å². The van der Waals surface area contributed by atoms with Crippen LogP contribution in [0, 0.1) is 11.3 Å². The van der Waals surface area contributed by atoms with Crippen molar-refractivity contribution in [3.63, 3.8) is 0 Å². The lowest BCUT2D eigenvalue weighted by atomic mass is 10.1. The van der Waals surface area contributed by atoms with Gasteiger partial charge in [-0.15, -0.1) is 0 Å². The van der Waals surface area contributed by atoms with Crippen LogP contribution in [-0.2, 0) is 4.74 Å². The Morgan fingerprint density at radius 1 is 1.71 bits per heavy atom. The summed E-state index contributed by atoms with van der Waals surface area (Å²) in [6.45, 7) is 1.98. The van der Waals surface area contributed by atoms with E-state index in [1.807, 2.05) is 6.07 Å². The van der Waals surface area contributed by atoms with E-state index in [1.54, 1.807) is 6.92 Å². The molecular formula is C9H7BrN2O2. The van der Waals surface area contributed by atoms with Gasteiger partial charge in [0.15, 0.2) is 0 Å². The first-order valence-electron chi connectivity index (χ1n) is 3.91. The molecule has 5 heteroatoms. The molecule has 0 N–H and O–H groups in total. The van der Waals surface area contributed by atoms with Crippen molar-refractivity contribution in [3.8, 4) is 6.07 Å². The number of carbonyl (C=O) groups excluding carboxylic acids is 1. The average molecular weight is 255 g/mol. The van der Waals surface area contributed by atoms with Crippen molar-refractivity contribution in [1.29, 1.82) is 5.26 Å². The molecule has 0 aliphatic heterocycles. The van der Waals surface area contributed by atoms with Crippen molar-refractivity contribution in [2.45, 2.75) is 6.92 Å². The Bertz CT molecular complexity index is 398. The van der Waals surface area contributed by atoms with E-state index in [0.29, 0.717) is 4.47 Å². The summed E-state index contributed by atoms with van der Waals surface area (Å²) in [5, 5.41) is 8.74. The minimum absolute atomic E-state index is 0.206. The lowest BCUT2D eigenvalue weighted by Gasteiger charge is -2.04. The molecule has 0 bridgehead atoms. The fourth-order valence-electron chi connectivity index (χ4n) is 0.930. The molecule has 1 rings (SSSR count). The van der Waals surface area contributed by atoms with Gasteiger partial charge in [0.25, 0.3) is 0 Å². The van der Waals surface area contributed by atoms with E-state index in [4.69, 9.17) is 10.00 Å². The third kappa shape index (κ3) is 2.09. The first-order chi connectivity index (χ1) is 6.70. The molecule has 1 aromatic heterocycles. The molecule has 0 amide bonds. The van der Waals surface area contributed by atoms with Crippen LogP contribution >= 0.6 is 15.9 Å². The van der Waals surface area contributed by atoms with E-state index in [-0.39, 0.29) is 17.7 Å². The quantitative estimate of drug-likeness (QED) is 0.757. The summed E-state index contributed by atoms with van der Waals surface area (Å²) in [5.74, 6) is -0.515. The van der Waals surface area contributed by atoms with Crippen LogP contribution in [0.2, 0.25) is 0 Å². The molecule has 0 fully saturated rings. The van der Waals surface area contributed by atoms with Crippen LogP contribution in [-0.4, -0.2) is 17.6 Å². The number of nitrogens with zero attached hydrogens (tertiary/aromatic N) is 2. The molecule has 14 heavy (non-hydrogen) atoms. The Morgan fingerprint density at radius 2 is 2.43 bits per heavy atom. The molecule has 0 aliphatic rings. The molecule has 1 heterocycles. The van der Waals surface area contributed by atoms with Gasteiger partial charge in [0.1, 0.15) is 6.07 Å². The number of rotatable bonds is 2. The van der Waals surface area contributed by atoms with Crippen molar-refractivity contribution in [2.24, 2.45) is 0 Å². The van der Waals surface area contributed by atoms with Crippen LogP contribution in [0.15, 0.2) is 16.9 Å². The number of halogens is 1. The summed E-state index contributed by atoms with van der Waals surface area (Å²) >= 11 is 3.14. The molecule has 4 nitrogen and oxygen atoms in total. The second-order valence-electron chi connectivity index (χ2n) is 2.38. The van der Waals surface area contributed by atoms with Gasteiger partial charge in [-0.2, -0.15) is 5.26 Å². The Hall–Kier alpha value is -1.41. The van der Waals surface area contributed by atoms with E-state index in [9.17, 15) is 4.79 Å². The first-order valence-corrected chi connectivity index (χ1v) is 4.70. The van der Waals surface area contributed by atoms with E-state index in [0.717, 1.165) is 0 Å². The maximum absolute atomic E-state index is 11.4. The minimum atomic E-state index is -0.515. The molecule has 72 valence electrons. The average Bonchev–Trinajstić information content (AvgIpc) is 2.17. The zero-order valence-electron chi connectivity index (χ0n) is 7.45. The third-order valence-corrected chi connectivity index (χ3v) is 2.10. The molecule has 0 saturated carbocycles. The normalized spacial score (nSPS) is 9.21. The maximum Gasteiger partial charge on any atom is 0.340 e. The van der Waals surface area contributed by atoms with Crippen LogP contribution in [0.1, 0.15) is 22.8 Å². The number of ether oxygens (including phenoxy) is 1. The molecule has 1 aromatic rings. The van der Waals surface area contributed by atoms with Gasteiger partial charge < -0.3 is 4.74 Å². The smallest absolute Gasteiger partial charge is 0.340 e. The summed E-state index contributed by atoms with van der Waals surface area (Å²) in [6.07, 6.45) is 2.78. The summed E-state index contributed by atoms with van der Waals surface area (Å²) in [5.41, 5.74) is 0.433. The highest BCUT2D eigenvalue weighted by atomic mass is 79.9. The van der Waals surface area contributed by atoms with E-state index < -0.39 is 5.97 Å². The third-order valence-electron chi connectivity index (χ3n) is 1.50. The number of aromatic nitrogens is 1. The highest BCUT2D eigenvalue weighted by Crippen LogP contribution is 2.19. The van der Waals surface area contributed by atoms with Crippen molar-refractivity contribution in [3.05, 3.63) is 28.0 Å². The van der Waals surface area contributed by atoms with Crippen molar-refractivity contribution in [2.75, 3.05) is 6.61 Å². The zero-order valence-corrected chi connectivity index (χ0v) is 9.04. The first kappa shape index (κ1) is 10.7. The fourth-order valence-corrected chi connectivity index (χ4v) is 1.42. The second kappa shape index (κ2) is 4.72. The Labute approximate surface area is 89.6 Å². The summed E-state index contributed by atoms with van der Waals surface area (Å²) in [7, 11) is 0. The molecule has 0 aromatic carbocycles. The number of hydrogen-bond donors (Lipinski definition) is 0. The van der Waals surface area contributed by atoms with E-state index in [1.165, 1.54) is 12.4 Å². The van der Waals surface area contributed by atoms with Crippen molar-refractivity contribution < 1.29 is 9.53 Å². The molecule has 0 unspecified atom stereocenters. The van der Waals surface area contributed by atoms with Gasteiger partial charge in [0, 0.05) is 12.4 Å². The number of nitriles is 1. The fraction of sp³-hybridized carbons (Fsp3) is 0.222. The second-order valence-corrected chi connectivity index (χ2v) is 3.23. The topological polar surface area (TPSA) is 63.0 Å². The molecule has 0 spiro atoms. The predicted molar refractivity (Wildman–Crippen MR) is 52.6 cm³/mol. The zero-order chi connectivity index (χ0) is 10.6. The molecule has 0 radical (unpaired) electrons. The molecular weight excluding hydrogens is 248 g/mol. The van der Waals surface area contributed by atoms with Crippen molar-refractivity contribution in [1.82, 2.24) is 4.98 Å². The summed E-state index contributed by atoms with van der Waals surface area (Å²) < 4.78 is 5.27. The van der Waals surface area contributed by atoms with Crippen LogP contribution in [0.25, 0.3) is 0 Å². The molecule has 0 saturated heterocycles. The van der Waals surface area contributed by atoms with Gasteiger partial charge in [-0.05, 0) is 22.9 Å². The lowest BCUT2D eigenvalue weighted by Crippen LogP contribution is -2.08. The molecule has 0 aliphatic carbocycles. The maximum atomic E-state index is 11.4. The number of esters is 1. The standard InChI is InChI=1S/C9H7BrN2O2/c1-2-14-9(13)8-6(3-11)4-12-5-7(8)10/h4-5H,2H2,1H3. The van der Waals surface area contributed by atoms with Crippen LogP contribution in [0.3, 0.4) is 0 Å². The monoisotopic (exact) mass is 254 g/mol. The number of carbonyl (C=O) groups is 1. The van der Waals surface area contributed by atoms with E-state index in [2.05, 4.69) is 20.9 Å². The van der Waals surface area contributed by atoms with Crippen LogP contribution in [0.4, 0.5) is 0 Å². The largest absolute Gasteiger partial charge is 0.462 e. The highest BCUT2D eigenvalue weighted by Gasteiger charge is 2.16. The van der Waals surface area contributed by atoms with Gasteiger partial charge in [0.05, 0.1) is 22.2 Å². The number of hydrogen-bond acceptors (Lipinski definition) is 4. The number of pyridine rings is 1. The van der Waals surface area contributed by atoms with Gasteiger partial charge in [-0.25, -0.2) is 4.79 Å². The lowest BCUT2D eigenvalue weighted by molar-refractivity contribution is 0.0525. The summed E-state index contributed by atoms with van der Waals surface area (Å²) in [6, 6.07) is 1.88. The Morgan fingerprint density at radius 3 is 3.00 bits per heavy atom. The van der Waals surface area contributed by atoms with E-state index >= 15 is 0 Å². The Balaban J connectivity index is 3.18. The van der Waals surface area contributed by atoms with Crippen molar-refractivity contribution >= 4 is 21.9 Å². The SMILES string of the molecule is CCOC(=O)c1c(Br)cncc1C#N.